The third kappa shape index (κ3) is 3.23. The summed E-state index contributed by atoms with van der Waals surface area (Å²) < 4.78 is 4.64. The van der Waals surface area contributed by atoms with Crippen LogP contribution in [0.1, 0.15) is 13.8 Å². The van der Waals surface area contributed by atoms with E-state index in [9.17, 15) is 4.79 Å². The topological polar surface area (TPSA) is 42.4 Å². The van der Waals surface area contributed by atoms with Gasteiger partial charge in [-0.3, -0.25) is 4.79 Å². The van der Waals surface area contributed by atoms with Gasteiger partial charge in [0.25, 0.3) is 0 Å². The van der Waals surface area contributed by atoms with E-state index in [1.54, 1.807) is 6.20 Å². The number of nitrogens with zero attached hydrogens (tertiary/aromatic N) is 2. The second kappa shape index (κ2) is 5.34. The van der Waals surface area contributed by atoms with E-state index in [1.807, 2.05) is 36.9 Å². The lowest BCUT2D eigenvalue weighted by Crippen LogP contribution is -2.36. The zero-order valence-electron chi connectivity index (χ0n) is 9.30. The number of hydrogen-bond donors (Lipinski definition) is 0. The molecule has 0 saturated heterocycles. The summed E-state index contributed by atoms with van der Waals surface area (Å²) in [6, 6.07) is 5.83. The van der Waals surface area contributed by atoms with E-state index >= 15 is 0 Å². The van der Waals surface area contributed by atoms with Crippen LogP contribution in [0.3, 0.4) is 0 Å². The molecule has 0 amide bonds. The summed E-state index contributed by atoms with van der Waals surface area (Å²) in [5, 5.41) is 0. The first-order valence-corrected chi connectivity index (χ1v) is 4.89. The summed E-state index contributed by atoms with van der Waals surface area (Å²) in [6.45, 7) is 4.25. The molecule has 4 heteroatoms. The van der Waals surface area contributed by atoms with E-state index in [-0.39, 0.29) is 18.6 Å². The number of pyridine rings is 1. The molecule has 0 fully saturated rings. The number of ether oxygens (including phenoxy) is 1. The Morgan fingerprint density at radius 2 is 2.27 bits per heavy atom. The van der Waals surface area contributed by atoms with Gasteiger partial charge >= 0.3 is 5.97 Å². The third-order valence-corrected chi connectivity index (χ3v) is 2.09. The SMILES string of the molecule is COC(=O)CN(c1ccccn1)C(C)C. The molecule has 1 aromatic rings. The van der Waals surface area contributed by atoms with Gasteiger partial charge < -0.3 is 9.64 Å². The smallest absolute Gasteiger partial charge is 0.325 e. The fraction of sp³-hybridized carbons (Fsp3) is 0.455. The standard InChI is InChI=1S/C11H16N2O2/c1-9(2)13(8-11(14)15-3)10-6-4-5-7-12-10/h4-7,9H,8H2,1-3H3. The predicted molar refractivity (Wildman–Crippen MR) is 58.7 cm³/mol. The highest BCUT2D eigenvalue weighted by molar-refractivity contribution is 5.75. The van der Waals surface area contributed by atoms with E-state index in [2.05, 4.69) is 9.72 Å². The Morgan fingerprint density at radius 1 is 1.53 bits per heavy atom. The van der Waals surface area contributed by atoms with Gasteiger partial charge in [-0.15, -0.1) is 0 Å². The van der Waals surface area contributed by atoms with Gasteiger partial charge in [-0.05, 0) is 26.0 Å². The van der Waals surface area contributed by atoms with Gasteiger partial charge in [0.1, 0.15) is 12.4 Å². The molecule has 0 saturated carbocycles. The number of hydrogen-bond acceptors (Lipinski definition) is 4. The lowest BCUT2D eigenvalue weighted by molar-refractivity contribution is -0.139. The first kappa shape index (κ1) is 11.5. The molecule has 0 unspecified atom stereocenters. The van der Waals surface area contributed by atoms with Crippen molar-refractivity contribution in [1.29, 1.82) is 0 Å². The molecule has 15 heavy (non-hydrogen) atoms. The highest BCUT2D eigenvalue weighted by atomic mass is 16.5. The van der Waals surface area contributed by atoms with E-state index in [4.69, 9.17) is 0 Å². The van der Waals surface area contributed by atoms with Gasteiger partial charge in [0.15, 0.2) is 0 Å². The van der Waals surface area contributed by atoms with E-state index in [0.717, 1.165) is 5.82 Å². The maximum Gasteiger partial charge on any atom is 0.325 e. The average molecular weight is 208 g/mol. The molecule has 1 aromatic heterocycles. The summed E-state index contributed by atoms with van der Waals surface area (Å²) in [4.78, 5) is 17.3. The minimum Gasteiger partial charge on any atom is -0.468 e. The fourth-order valence-corrected chi connectivity index (χ4v) is 1.26. The zero-order chi connectivity index (χ0) is 11.3. The van der Waals surface area contributed by atoms with Crippen molar-refractivity contribution in [3.63, 3.8) is 0 Å². The van der Waals surface area contributed by atoms with E-state index < -0.39 is 0 Å². The molecule has 0 bridgehead atoms. The normalized spacial score (nSPS) is 10.1. The van der Waals surface area contributed by atoms with E-state index in [1.165, 1.54) is 7.11 Å². The first-order chi connectivity index (χ1) is 7.15. The zero-order valence-corrected chi connectivity index (χ0v) is 9.30. The molecule has 0 radical (unpaired) electrons. The minimum atomic E-state index is -0.255. The van der Waals surface area contributed by atoms with Crippen molar-refractivity contribution in [2.75, 3.05) is 18.6 Å². The molecule has 82 valence electrons. The van der Waals surface area contributed by atoms with Gasteiger partial charge in [0.05, 0.1) is 7.11 Å². The Balaban J connectivity index is 2.79. The van der Waals surface area contributed by atoms with Gasteiger partial charge in [-0.1, -0.05) is 6.07 Å². The van der Waals surface area contributed by atoms with Crippen molar-refractivity contribution in [3.8, 4) is 0 Å². The Kier molecular flexibility index (Phi) is 4.09. The molecular formula is C11H16N2O2. The molecule has 0 N–H and O–H groups in total. The Bertz CT molecular complexity index is 312. The van der Waals surface area contributed by atoms with Crippen LogP contribution in [0.4, 0.5) is 5.82 Å². The quantitative estimate of drug-likeness (QED) is 0.703. The molecule has 0 aromatic carbocycles. The third-order valence-electron chi connectivity index (χ3n) is 2.09. The van der Waals surface area contributed by atoms with Gasteiger partial charge in [-0.25, -0.2) is 4.98 Å². The Labute approximate surface area is 89.9 Å². The van der Waals surface area contributed by atoms with Crippen LogP contribution >= 0.6 is 0 Å². The average Bonchev–Trinajstić information content (AvgIpc) is 2.26. The molecule has 0 aliphatic heterocycles. The number of methoxy groups -OCH3 is 1. The predicted octanol–water partition coefficient (Wildman–Crippen LogP) is 1.47. The Hall–Kier alpha value is -1.58. The van der Waals surface area contributed by atoms with Crippen molar-refractivity contribution in [2.24, 2.45) is 0 Å². The van der Waals surface area contributed by atoms with Crippen LogP contribution in [0.5, 0.6) is 0 Å². The molecule has 0 atom stereocenters. The second-order valence-electron chi connectivity index (χ2n) is 3.49. The molecule has 0 aliphatic rings. The van der Waals surface area contributed by atoms with Crippen molar-refractivity contribution in [2.45, 2.75) is 19.9 Å². The van der Waals surface area contributed by atoms with Crippen LogP contribution in [0.2, 0.25) is 0 Å². The number of rotatable bonds is 4. The van der Waals surface area contributed by atoms with E-state index in [0.29, 0.717) is 0 Å². The van der Waals surface area contributed by atoms with Crippen LogP contribution in [-0.2, 0) is 9.53 Å². The molecule has 0 aliphatic carbocycles. The lowest BCUT2D eigenvalue weighted by Gasteiger charge is -2.26. The van der Waals surface area contributed by atoms with Crippen molar-refractivity contribution >= 4 is 11.8 Å². The highest BCUT2D eigenvalue weighted by Gasteiger charge is 2.15. The summed E-state index contributed by atoms with van der Waals surface area (Å²) in [5.74, 6) is 0.534. The van der Waals surface area contributed by atoms with Gasteiger partial charge in [0.2, 0.25) is 0 Å². The highest BCUT2D eigenvalue weighted by Crippen LogP contribution is 2.12. The van der Waals surface area contributed by atoms with Crippen LogP contribution < -0.4 is 4.90 Å². The van der Waals surface area contributed by atoms with Crippen LogP contribution in [0, 0.1) is 0 Å². The maximum atomic E-state index is 11.2. The lowest BCUT2D eigenvalue weighted by atomic mass is 10.3. The van der Waals surface area contributed by atoms with Crippen molar-refractivity contribution in [1.82, 2.24) is 4.98 Å². The van der Waals surface area contributed by atoms with Crippen molar-refractivity contribution in [3.05, 3.63) is 24.4 Å². The largest absolute Gasteiger partial charge is 0.468 e. The number of aromatic nitrogens is 1. The van der Waals surface area contributed by atoms with Gasteiger partial charge in [0, 0.05) is 12.2 Å². The monoisotopic (exact) mass is 208 g/mol. The number of esters is 1. The Morgan fingerprint density at radius 3 is 2.73 bits per heavy atom. The van der Waals surface area contributed by atoms with Crippen LogP contribution in [-0.4, -0.2) is 30.6 Å². The van der Waals surface area contributed by atoms with Crippen LogP contribution in [0.15, 0.2) is 24.4 Å². The molecule has 1 heterocycles. The fourth-order valence-electron chi connectivity index (χ4n) is 1.26. The number of carbonyl (C=O) groups excluding carboxylic acids is 1. The summed E-state index contributed by atoms with van der Waals surface area (Å²) in [7, 11) is 1.39. The molecule has 1 rings (SSSR count). The van der Waals surface area contributed by atoms with Gasteiger partial charge in [-0.2, -0.15) is 0 Å². The number of anilines is 1. The van der Waals surface area contributed by atoms with Crippen LogP contribution in [0.25, 0.3) is 0 Å². The summed E-state index contributed by atoms with van der Waals surface area (Å²) >= 11 is 0. The molecular weight excluding hydrogens is 192 g/mol. The summed E-state index contributed by atoms with van der Waals surface area (Å²) in [5.41, 5.74) is 0. The molecule has 4 nitrogen and oxygen atoms in total. The summed E-state index contributed by atoms with van der Waals surface area (Å²) in [6.07, 6.45) is 1.71. The molecule has 0 spiro atoms. The maximum absolute atomic E-state index is 11.2. The van der Waals surface area contributed by atoms with Crippen molar-refractivity contribution < 1.29 is 9.53 Å². The first-order valence-electron chi connectivity index (χ1n) is 4.89. The number of carbonyl (C=O) groups is 1. The second-order valence-corrected chi connectivity index (χ2v) is 3.49. The minimum absolute atomic E-state index is 0.207.